The van der Waals surface area contributed by atoms with Crippen molar-refractivity contribution in [3.05, 3.63) is 35.6 Å². The van der Waals surface area contributed by atoms with Crippen molar-refractivity contribution < 1.29 is 13.9 Å². The molecule has 0 aromatic heterocycles. The Morgan fingerprint density at radius 3 is 2.56 bits per heavy atom. The Bertz CT molecular complexity index is 418. The van der Waals surface area contributed by atoms with Crippen molar-refractivity contribution in [2.75, 3.05) is 20.7 Å². The van der Waals surface area contributed by atoms with Crippen molar-refractivity contribution in [3.8, 4) is 0 Å². The maximum Gasteiger partial charge on any atom is 0.312 e. The number of esters is 1. The second-order valence-electron chi connectivity index (χ2n) is 5.14. The van der Waals surface area contributed by atoms with Crippen LogP contribution in [0.3, 0.4) is 0 Å². The normalized spacial score (nSPS) is 11.7. The van der Waals surface area contributed by atoms with Gasteiger partial charge < -0.3 is 9.64 Å². The van der Waals surface area contributed by atoms with Crippen molar-refractivity contribution >= 4 is 5.97 Å². The number of rotatable bonds is 5. The van der Waals surface area contributed by atoms with E-state index in [9.17, 15) is 9.18 Å². The van der Waals surface area contributed by atoms with Crippen LogP contribution in [0.15, 0.2) is 24.3 Å². The highest BCUT2D eigenvalue weighted by molar-refractivity contribution is 5.76. The molecule has 0 saturated heterocycles. The lowest BCUT2D eigenvalue weighted by atomic mass is 9.93. The Kier molecular flexibility index (Phi) is 4.84. The minimum Gasteiger partial charge on any atom is -0.469 e. The Morgan fingerprint density at radius 1 is 1.39 bits per heavy atom. The molecule has 0 aliphatic carbocycles. The molecule has 18 heavy (non-hydrogen) atoms. The summed E-state index contributed by atoms with van der Waals surface area (Å²) >= 11 is 0. The van der Waals surface area contributed by atoms with Gasteiger partial charge in [0.1, 0.15) is 5.82 Å². The Labute approximate surface area is 108 Å². The lowest BCUT2D eigenvalue weighted by Crippen LogP contribution is -2.37. The Balaban J connectivity index is 2.65. The van der Waals surface area contributed by atoms with Crippen LogP contribution >= 0.6 is 0 Å². The fourth-order valence-electron chi connectivity index (χ4n) is 1.99. The van der Waals surface area contributed by atoms with Gasteiger partial charge in [0.25, 0.3) is 0 Å². The number of nitrogens with zero attached hydrogens (tertiary/aromatic N) is 1. The monoisotopic (exact) mass is 253 g/mol. The van der Waals surface area contributed by atoms with Crippen molar-refractivity contribution in [2.24, 2.45) is 5.41 Å². The van der Waals surface area contributed by atoms with Crippen LogP contribution in [-0.2, 0) is 16.1 Å². The number of hydrogen-bond acceptors (Lipinski definition) is 3. The predicted molar refractivity (Wildman–Crippen MR) is 68.5 cm³/mol. The first-order valence-electron chi connectivity index (χ1n) is 5.87. The highest BCUT2D eigenvalue weighted by Gasteiger charge is 2.30. The SMILES string of the molecule is COC(=O)C(C)(C)CN(C)Cc1ccccc1F. The first kappa shape index (κ1) is 14.6. The number of benzene rings is 1. The van der Waals surface area contributed by atoms with E-state index in [-0.39, 0.29) is 11.8 Å². The third-order valence-electron chi connectivity index (χ3n) is 2.80. The van der Waals surface area contributed by atoms with E-state index < -0.39 is 5.41 Å². The van der Waals surface area contributed by atoms with Gasteiger partial charge in [-0.2, -0.15) is 0 Å². The second kappa shape index (κ2) is 5.96. The van der Waals surface area contributed by atoms with Gasteiger partial charge in [0, 0.05) is 18.7 Å². The molecule has 0 aliphatic rings. The van der Waals surface area contributed by atoms with Gasteiger partial charge in [-0.15, -0.1) is 0 Å². The molecule has 0 radical (unpaired) electrons. The average Bonchev–Trinajstić information content (AvgIpc) is 2.30. The molecule has 0 fully saturated rings. The summed E-state index contributed by atoms with van der Waals surface area (Å²) in [4.78, 5) is 13.5. The van der Waals surface area contributed by atoms with Crippen LogP contribution < -0.4 is 0 Å². The summed E-state index contributed by atoms with van der Waals surface area (Å²) in [6.07, 6.45) is 0. The number of hydrogen-bond donors (Lipinski definition) is 0. The van der Waals surface area contributed by atoms with Gasteiger partial charge in [-0.1, -0.05) is 18.2 Å². The van der Waals surface area contributed by atoms with Crippen molar-refractivity contribution in [2.45, 2.75) is 20.4 Å². The molecule has 0 aliphatic heterocycles. The van der Waals surface area contributed by atoms with E-state index >= 15 is 0 Å². The fourth-order valence-corrected chi connectivity index (χ4v) is 1.99. The maximum atomic E-state index is 13.5. The second-order valence-corrected chi connectivity index (χ2v) is 5.14. The first-order chi connectivity index (χ1) is 8.36. The van der Waals surface area contributed by atoms with Gasteiger partial charge in [0.05, 0.1) is 12.5 Å². The number of halogens is 1. The predicted octanol–water partition coefficient (Wildman–Crippen LogP) is 2.46. The summed E-state index contributed by atoms with van der Waals surface area (Å²) in [5.41, 5.74) is 0.0232. The highest BCUT2D eigenvalue weighted by atomic mass is 19.1. The third-order valence-corrected chi connectivity index (χ3v) is 2.80. The molecule has 4 heteroatoms. The molecule has 0 bridgehead atoms. The van der Waals surface area contributed by atoms with Gasteiger partial charge in [-0.25, -0.2) is 4.39 Å². The summed E-state index contributed by atoms with van der Waals surface area (Å²) in [5.74, 6) is -0.483. The lowest BCUT2D eigenvalue weighted by molar-refractivity contribution is -0.151. The first-order valence-corrected chi connectivity index (χ1v) is 5.87. The van der Waals surface area contributed by atoms with Crippen LogP contribution in [0.1, 0.15) is 19.4 Å². The molecule has 0 unspecified atom stereocenters. The topological polar surface area (TPSA) is 29.5 Å². The summed E-state index contributed by atoms with van der Waals surface area (Å²) in [6, 6.07) is 6.65. The molecule has 0 heterocycles. The number of ether oxygens (including phenoxy) is 1. The van der Waals surface area contributed by atoms with Gasteiger partial charge >= 0.3 is 5.97 Å². The molecular formula is C14H20FNO2. The van der Waals surface area contributed by atoms with Crippen molar-refractivity contribution in [1.82, 2.24) is 4.90 Å². The van der Waals surface area contributed by atoms with Crippen LogP contribution in [0, 0.1) is 11.2 Å². The summed E-state index contributed by atoms with van der Waals surface area (Å²) in [7, 11) is 3.23. The van der Waals surface area contributed by atoms with Gasteiger partial charge in [-0.3, -0.25) is 4.79 Å². The van der Waals surface area contributed by atoms with Crippen LogP contribution in [0.2, 0.25) is 0 Å². The van der Waals surface area contributed by atoms with E-state index in [2.05, 4.69) is 0 Å². The van der Waals surface area contributed by atoms with E-state index in [0.29, 0.717) is 18.7 Å². The smallest absolute Gasteiger partial charge is 0.312 e. The minimum atomic E-state index is -0.602. The van der Waals surface area contributed by atoms with E-state index in [1.807, 2.05) is 25.8 Å². The highest BCUT2D eigenvalue weighted by Crippen LogP contribution is 2.19. The molecular weight excluding hydrogens is 233 g/mol. The molecule has 1 rings (SSSR count). The lowest BCUT2D eigenvalue weighted by Gasteiger charge is -2.27. The van der Waals surface area contributed by atoms with E-state index in [4.69, 9.17) is 4.74 Å². The molecule has 0 atom stereocenters. The van der Waals surface area contributed by atoms with E-state index in [0.717, 1.165) is 0 Å². The van der Waals surface area contributed by atoms with Crippen LogP contribution in [-0.4, -0.2) is 31.6 Å². The van der Waals surface area contributed by atoms with Crippen LogP contribution in [0.25, 0.3) is 0 Å². The standard InChI is InChI=1S/C14H20FNO2/c1-14(2,13(17)18-4)10-16(3)9-11-7-5-6-8-12(11)15/h5-8H,9-10H2,1-4H3. The molecule has 1 aromatic rings. The number of carbonyl (C=O) groups is 1. The zero-order chi connectivity index (χ0) is 13.8. The summed E-state index contributed by atoms with van der Waals surface area (Å²) in [5, 5.41) is 0. The molecule has 0 spiro atoms. The van der Waals surface area contributed by atoms with Crippen molar-refractivity contribution in [1.29, 1.82) is 0 Å². The zero-order valence-electron chi connectivity index (χ0n) is 11.4. The number of carbonyl (C=O) groups excluding carboxylic acids is 1. The van der Waals surface area contributed by atoms with Crippen molar-refractivity contribution in [3.63, 3.8) is 0 Å². The molecule has 0 amide bonds. The van der Waals surface area contributed by atoms with Crippen LogP contribution in [0.5, 0.6) is 0 Å². The summed E-state index contributed by atoms with van der Waals surface area (Å²) in [6.45, 7) is 4.61. The number of methoxy groups -OCH3 is 1. The zero-order valence-corrected chi connectivity index (χ0v) is 11.4. The minimum absolute atomic E-state index is 0.222. The fraction of sp³-hybridized carbons (Fsp3) is 0.500. The van der Waals surface area contributed by atoms with E-state index in [1.54, 1.807) is 18.2 Å². The molecule has 0 N–H and O–H groups in total. The molecule has 100 valence electrons. The molecule has 1 aromatic carbocycles. The third kappa shape index (κ3) is 3.81. The summed E-state index contributed by atoms with van der Waals surface area (Å²) < 4.78 is 18.2. The largest absolute Gasteiger partial charge is 0.469 e. The van der Waals surface area contributed by atoms with Crippen LogP contribution in [0.4, 0.5) is 4.39 Å². The van der Waals surface area contributed by atoms with Gasteiger partial charge in [0.15, 0.2) is 0 Å². The Hall–Kier alpha value is -1.42. The van der Waals surface area contributed by atoms with Gasteiger partial charge in [-0.05, 0) is 27.0 Å². The molecule has 3 nitrogen and oxygen atoms in total. The maximum absolute atomic E-state index is 13.5. The molecule has 0 saturated carbocycles. The van der Waals surface area contributed by atoms with Gasteiger partial charge in [0.2, 0.25) is 0 Å². The quantitative estimate of drug-likeness (QED) is 0.755. The average molecular weight is 253 g/mol. The Morgan fingerprint density at radius 2 is 2.00 bits per heavy atom. The van der Waals surface area contributed by atoms with E-state index in [1.165, 1.54) is 13.2 Å².